The predicted molar refractivity (Wildman–Crippen MR) is 66.9 cm³/mol. The van der Waals surface area contributed by atoms with Crippen LogP contribution in [0.4, 0.5) is 0 Å². The van der Waals surface area contributed by atoms with Crippen LogP contribution in [0.5, 0.6) is 0 Å². The van der Waals surface area contributed by atoms with Crippen LogP contribution < -0.4 is 0 Å². The van der Waals surface area contributed by atoms with Crippen LogP contribution in [0.3, 0.4) is 0 Å². The van der Waals surface area contributed by atoms with Gasteiger partial charge in [0.15, 0.2) is 0 Å². The molecule has 2 fully saturated rings. The van der Waals surface area contributed by atoms with E-state index in [2.05, 4.69) is 13.8 Å². The smallest absolute Gasteiger partial charge is 0.0383 e. The molecule has 0 saturated heterocycles. The molecular formula is C15H28. The van der Waals surface area contributed by atoms with Crippen molar-refractivity contribution in [1.82, 2.24) is 0 Å². The van der Waals surface area contributed by atoms with E-state index in [0.29, 0.717) is 0 Å². The number of hydrogen-bond donors (Lipinski definition) is 0. The lowest BCUT2D eigenvalue weighted by Gasteiger charge is -2.38. The van der Waals surface area contributed by atoms with Crippen LogP contribution in [-0.2, 0) is 0 Å². The largest absolute Gasteiger partial charge is 0.0625 e. The maximum Gasteiger partial charge on any atom is -0.0383 e. The minimum atomic E-state index is 0.927. The van der Waals surface area contributed by atoms with Crippen LogP contribution >= 0.6 is 0 Å². The first-order valence-electron chi connectivity index (χ1n) is 7.27. The second kappa shape index (κ2) is 5.37. The Labute approximate surface area is 95.8 Å². The first kappa shape index (κ1) is 11.5. The van der Waals surface area contributed by atoms with Gasteiger partial charge in [-0.1, -0.05) is 65.2 Å². The Balaban J connectivity index is 1.85. The highest BCUT2D eigenvalue weighted by Crippen LogP contribution is 2.42. The lowest BCUT2D eigenvalue weighted by molar-refractivity contribution is 0.137. The summed E-state index contributed by atoms with van der Waals surface area (Å²) in [6.07, 6.45) is 13.8. The van der Waals surface area contributed by atoms with Crippen LogP contribution in [0.15, 0.2) is 0 Å². The van der Waals surface area contributed by atoms with E-state index in [9.17, 15) is 0 Å². The van der Waals surface area contributed by atoms with Crippen LogP contribution in [-0.4, -0.2) is 0 Å². The van der Waals surface area contributed by atoms with Gasteiger partial charge in [0.1, 0.15) is 0 Å². The molecule has 88 valence electrons. The molecule has 0 N–H and O–H groups in total. The van der Waals surface area contributed by atoms with Crippen molar-refractivity contribution in [2.75, 3.05) is 0 Å². The zero-order chi connectivity index (χ0) is 10.7. The fourth-order valence-corrected chi connectivity index (χ4v) is 3.91. The molecule has 0 radical (unpaired) electrons. The Bertz CT molecular complexity index is 176. The highest BCUT2D eigenvalue weighted by Gasteiger charge is 2.30. The highest BCUT2D eigenvalue weighted by atomic mass is 14.4. The Kier molecular flexibility index (Phi) is 4.11. The first-order chi connectivity index (χ1) is 7.27. The maximum absolute atomic E-state index is 2.42. The third-order valence-corrected chi connectivity index (χ3v) is 5.01. The zero-order valence-corrected chi connectivity index (χ0v) is 10.7. The van der Waals surface area contributed by atoms with E-state index in [1.165, 1.54) is 32.1 Å². The summed E-state index contributed by atoms with van der Waals surface area (Å²) in [6, 6.07) is 0. The van der Waals surface area contributed by atoms with Gasteiger partial charge >= 0.3 is 0 Å². The summed E-state index contributed by atoms with van der Waals surface area (Å²) in [6.45, 7) is 4.85. The van der Waals surface area contributed by atoms with Crippen LogP contribution in [0.25, 0.3) is 0 Å². The van der Waals surface area contributed by atoms with Gasteiger partial charge in [0.25, 0.3) is 0 Å². The molecule has 2 aliphatic carbocycles. The molecule has 0 spiro atoms. The third-order valence-electron chi connectivity index (χ3n) is 5.01. The molecule has 0 aromatic heterocycles. The van der Waals surface area contributed by atoms with Gasteiger partial charge in [0, 0.05) is 0 Å². The van der Waals surface area contributed by atoms with Crippen molar-refractivity contribution < 1.29 is 0 Å². The van der Waals surface area contributed by atoms with Gasteiger partial charge in [-0.05, 0) is 30.1 Å². The summed E-state index contributed by atoms with van der Waals surface area (Å²) in [7, 11) is 0. The van der Waals surface area contributed by atoms with Crippen molar-refractivity contribution in [3.63, 3.8) is 0 Å². The molecule has 2 atom stereocenters. The second-order valence-corrected chi connectivity index (χ2v) is 6.33. The summed E-state index contributed by atoms with van der Waals surface area (Å²) >= 11 is 0. The van der Waals surface area contributed by atoms with Crippen LogP contribution in [0.2, 0.25) is 0 Å². The van der Waals surface area contributed by atoms with Gasteiger partial charge in [0.2, 0.25) is 0 Å². The molecular weight excluding hydrogens is 180 g/mol. The fraction of sp³-hybridized carbons (Fsp3) is 1.00. The Morgan fingerprint density at radius 3 is 2.07 bits per heavy atom. The lowest BCUT2D eigenvalue weighted by Crippen LogP contribution is -2.26. The van der Waals surface area contributed by atoms with Crippen molar-refractivity contribution >= 4 is 0 Å². The van der Waals surface area contributed by atoms with E-state index in [1.807, 2.05) is 0 Å². The topological polar surface area (TPSA) is 0 Å². The summed E-state index contributed by atoms with van der Waals surface area (Å²) in [5.41, 5.74) is 0. The molecule has 0 amide bonds. The molecule has 2 unspecified atom stereocenters. The summed E-state index contributed by atoms with van der Waals surface area (Å²) in [5, 5.41) is 0. The summed E-state index contributed by atoms with van der Waals surface area (Å²) in [4.78, 5) is 0. The maximum atomic E-state index is 2.42. The Morgan fingerprint density at radius 2 is 1.40 bits per heavy atom. The van der Waals surface area contributed by atoms with Crippen molar-refractivity contribution in [2.24, 2.45) is 23.7 Å². The van der Waals surface area contributed by atoms with E-state index < -0.39 is 0 Å². The molecule has 2 rings (SSSR count). The monoisotopic (exact) mass is 208 g/mol. The average Bonchev–Trinajstić information content (AvgIpc) is 2.30. The third kappa shape index (κ3) is 2.98. The van der Waals surface area contributed by atoms with Gasteiger partial charge < -0.3 is 0 Å². The Hall–Kier alpha value is 0. The van der Waals surface area contributed by atoms with Crippen molar-refractivity contribution in [1.29, 1.82) is 0 Å². The molecule has 0 bridgehead atoms. The van der Waals surface area contributed by atoms with E-state index in [1.54, 1.807) is 25.7 Å². The molecule has 0 aromatic carbocycles. The quantitative estimate of drug-likeness (QED) is 0.597. The predicted octanol–water partition coefficient (Wildman–Crippen LogP) is 5.03. The average molecular weight is 208 g/mol. The van der Waals surface area contributed by atoms with Crippen molar-refractivity contribution in [3.05, 3.63) is 0 Å². The van der Waals surface area contributed by atoms with Crippen molar-refractivity contribution in [3.8, 4) is 0 Å². The molecule has 15 heavy (non-hydrogen) atoms. The Morgan fingerprint density at radius 1 is 0.733 bits per heavy atom. The van der Waals surface area contributed by atoms with E-state index >= 15 is 0 Å². The van der Waals surface area contributed by atoms with Crippen molar-refractivity contribution in [2.45, 2.75) is 71.6 Å². The van der Waals surface area contributed by atoms with Gasteiger partial charge in [-0.25, -0.2) is 0 Å². The van der Waals surface area contributed by atoms with Crippen LogP contribution in [0, 0.1) is 23.7 Å². The fourth-order valence-electron chi connectivity index (χ4n) is 3.91. The van der Waals surface area contributed by atoms with E-state index in [4.69, 9.17) is 0 Å². The molecule has 0 nitrogen and oxygen atoms in total. The molecule has 2 aliphatic rings. The molecule has 0 aromatic rings. The summed E-state index contributed by atoms with van der Waals surface area (Å²) < 4.78 is 0. The van der Waals surface area contributed by atoms with Gasteiger partial charge in [-0.2, -0.15) is 0 Å². The minimum absolute atomic E-state index is 0.927. The second-order valence-electron chi connectivity index (χ2n) is 6.33. The SMILES string of the molecule is CC(C)C1CCCC(C2CCCCC2)C1. The molecule has 2 saturated carbocycles. The number of hydrogen-bond acceptors (Lipinski definition) is 0. The van der Waals surface area contributed by atoms with E-state index in [0.717, 1.165) is 23.7 Å². The minimum Gasteiger partial charge on any atom is -0.0625 e. The first-order valence-corrected chi connectivity index (χ1v) is 7.27. The molecule has 0 aliphatic heterocycles. The molecule has 0 heteroatoms. The molecule has 0 heterocycles. The number of rotatable bonds is 2. The highest BCUT2D eigenvalue weighted by molar-refractivity contribution is 4.81. The van der Waals surface area contributed by atoms with Gasteiger partial charge in [0.05, 0.1) is 0 Å². The lowest BCUT2D eigenvalue weighted by atomic mass is 9.68. The van der Waals surface area contributed by atoms with Gasteiger partial charge in [-0.3, -0.25) is 0 Å². The summed E-state index contributed by atoms with van der Waals surface area (Å²) in [5.74, 6) is 4.19. The van der Waals surface area contributed by atoms with E-state index in [-0.39, 0.29) is 0 Å². The van der Waals surface area contributed by atoms with Gasteiger partial charge in [-0.15, -0.1) is 0 Å². The van der Waals surface area contributed by atoms with Crippen LogP contribution in [0.1, 0.15) is 71.6 Å². The normalized spacial score (nSPS) is 34.6. The zero-order valence-electron chi connectivity index (χ0n) is 10.7. The standard InChI is InChI=1S/C15H28/c1-12(2)14-9-6-10-15(11-14)13-7-4-3-5-8-13/h12-15H,3-11H2,1-2H3.